The van der Waals surface area contributed by atoms with Gasteiger partial charge >= 0.3 is 5.97 Å². The molecule has 2 N–H and O–H groups in total. The standard InChI is InChI=1S/C13H16N2O5/c1-7-6-8(2)12(15(19)20)9(3)11(7)13(18)14-5-4-10(16)17/h6H,4-5H2,1-3H3,(H,14,18)(H,16,17). The van der Waals surface area contributed by atoms with Crippen LogP contribution < -0.4 is 5.32 Å². The molecule has 0 aliphatic carbocycles. The Hall–Kier alpha value is -2.44. The molecule has 1 aromatic rings. The summed E-state index contributed by atoms with van der Waals surface area (Å²) in [7, 11) is 0. The van der Waals surface area contributed by atoms with Gasteiger partial charge in [-0.2, -0.15) is 0 Å². The SMILES string of the molecule is Cc1cc(C)c([N+](=O)[O-])c(C)c1C(=O)NCCC(=O)O. The van der Waals surface area contributed by atoms with Crippen molar-refractivity contribution in [3.05, 3.63) is 38.4 Å². The van der Waals surface area contributed by atoms with Gasteiger partial charge in [0, 0.05) is 17.7 Å². The monoisotopic (exact) mass is 280 g/mol. The van der Waals surface area contributed by atoms with Gasteiger partial charge in [0.25, 0.3) is 11.6 Å². The number of amides is 1. The fourth-order valence-electron chi connectivity index (χ4n) is 2.18. The van der Waals surface area contributed by atoms with Crippen LogP contribution in [0.2, 0.25) is 0 Å². The Kier molecular flexibility index (Phi) is 4.79. The normalized spacial score (nSPS) is 10.2. The van der Waals surface area contributed by atoms with E-state index in [1.54, 1.807) is 19.9 Å². The van der Waals surface area contributed by atoms with Crippen molar-refractivity contribution >= 4 is 17.6 Å². The van der Waals surface area contributed by atoms with Gasteiger partial charge in [-0.15, -0.1) is 0 Å². The number of carboxylic acids is 1. The number of nitrogens with one attached hydrogen (secondary N) is 1. The second kappa shape index (κ2) is 6.14. The first-order chi connectivity index (χ1) is 9.25. The van der Waals surface area contributed by atoms with Crippen molar-refractivity contribution in [3.63, 3.8) is 0 Å². The molecule has 20 heavy (non-hydrogen) atoms. The second-order valence-corrected chi connectivity index (χ2v) is 4.52. The Labute approximate surface area is 115 Å². The van der Waals surface area contributed by atoms with Crippen molar-refractivity contribution < 1.29 is 19.6 Å². The van der Waals surface area contributed by atoms with Crippen molar-refractivity contribution in [2.45, 2.75) is 27.2 Å². The van der Waals surface area contributed by atoms with Crippen LogP contribution in [0.3, 0.4) is 0 Å². The maximum absolute atomic E-state index is 12.0. The number of aryl methyl sites for hydroxylation is 2. The molecule has 1 amide bonds. The molecule has 0 radical (unpaired) electrons. The number of carboxylic acid groups (broad SMARTS) is 1. The fourth-order valence-corrected chi connectivity index (χ4v) is 2.18. The number of nitro benzene ring substituents is 1. The van der Waals surface area contributed by atoms with Crippen molar-refractivity contribution in [1.29, 1.82) is 0 Å². The Bertz CT molecular complexity index is 581. The summed E-state index contributed by atoms with van der Waals surface area (Å²) in [5.41, 5.74) is 1.55. The van der Waals surface area contributed by atoms with Crippen LogP contribution in [0.5, 0.6) is 0 Å². The van der Waals surface area contributed by atoms with Gasteiger partial charge in [-0.05, 0) is 32.4 Å². The van der Waals surface area contributed by atoms with Crippen molar-refractivity contribution in [2.24, 2.45) is 0 Å². The summed E-state index contributed by atoms with van der Waals surface area (Å²) < 4.78 is 0. The number of benzene rings is 1. The fraction of sp³-hybridized carbons (Fsp3) is 0.385. The van der Waals surface area contributed by atoms with E-state index in [0.717, 1.165) is 0 Å². The minimum Gasteiger partial charge on any atom is -0.481 e. The highest BCUT2D eigenvalue weighted by atomic mass is 16.6. The highest BCUT2D eigenvalue weighted by Crippen LogP contribution is 2.28. The molecule has 7 heteroatoms. The Morgan fingerprint density at radius 3 is 2.40 bits per heavy atom. The largest absolute Gasteiger partial charge is 0.481 e. The van der Waals surface area contributed by atoms with Gasteiger partial charge in [0.15, 0.2) is 0 Å². The lowest BCUT2D eigenvalue weighted by Gasteiger charge is -2.12. The number of aliphatic carboxylic acids is 1. The van der Waals surface area contributed by atoms with Gasteiger partial charge in [-0.25, -0.2) is 0 Å². The molecule has 0 atom stereocenters. The molecule has 1 aromatic carbocycles. The number of hydrogen-bond donors (Lipinski definition) is 2. The lowest BCUT2D eigenvalue weighted by atomic mass is 9.97. The van der Waals surface area contributed by atoms with Gasteiger partial charge in [0.1, 0.15) is 0 Å². The van der Waals surface area contributed by atoms with E-state index in [4.69, 9.17) is 5.11 Å². The molecule has 1 rings (SSSR count). The zero-order chi connectivity index (χ0) is 15.4. The van der Waals surface area contributed by atoms with E-state index in [0.29, 0.717) is 16.7 Å². The maximum atomic E-state index is 12.0. The molecule has 0 fully saturated rings. The van der Waals surface area contributed by atoms with Crippen LogP contribution in [0.25, 0.3) is 0 Å². The molecule has 7 nitrogen and oxygen atoms in total. The van der Waals surface area contributed by atoms with E-state index in [1.165, 1.54) is 6.92 Å². The first-order valence-electron chi connectivity index (χ1n) is 6.01. The number of carbonyl (C=O) groups excluding carboxylic acids is 1. The van der Waals surface area contributed by atoms with E-state index in [-0.39, 0.29) is 24.2 Å². The summed E-state index contributed by atoms with van der Waals surface area (Å²) in [6.07, 6.45) is -0.197. The minimum atomic E-state index is -1.02. The molecule has 0 spiro atoms. The lowest BCUT2D eigenvalue weighted by molar-refractivity contribution is -0.386. The lowest BCUT2D eigenvalue weighted by Crippen LogP contribution is -2.27. The molecular formula is C13H16N2O5. The van der Waals surface area contributed by atoms with Crippen LogP contribution in [0.15, 0.2) is 6.07 Å². The number of carbonyl (C=O) groups is 2. The molecule has 0 saturated heterocycles. The third-order valence-corrected chi connectivity index (χ3v) is 2.97. The van der Waals surface area contributed by atoms with Crippen LogP contribution in [-0.2, 0) is 4.79 Å². The van der Waals surface area contributed by atoms with E-state index >= 15 is 0 Å². The van der Waals surface area contributed by atoms with Crippen LogP contribution in [0, 0.1) is 30.9 Å². The molecule has 0 bridgehead atoms. The topological polar surface area (TPSA) is 110 Å². The molecule has 0 aliphatic rings. The average Bonchev–Trinajstić information content (AvgIpc) is 2.26. The zero-order valence-corrected chi connectivity index (χ0v) is 11.5. The summed E-state index contributed by atoms with van der Waals surface area (Å²) in [5.74, 6) is -1.52. The first-order valence-corrected chi connectivity index (χ1v) is 6.01. The first kappa shape index (κ1) is 15.6. The second-order valence-electron chi connectivity index (χ2n) is 4.52. The van der Waals surface area contributed by atoms with Crippen molar-refractivity contribution in [3.8, 4) is 0 Å². The predicted octanol–water partition coefficient (Wildman–Crippen LogP) is 1.72. The summed E-state index contributed by atoms with van der Waals surface area (Å²) in [4.78, 5) is 32.9. The van der Waals surface area contributed by atoms with Gasteiger partial charge < -0.3 is 10.4 Å². The summed E-state index contributed by atoms with van der Waals surface area (Å²) in [5, 5.41) is 22.0. The molecule has 0 aromatic heterocycles. The third kappa shape index (κ3) is 3.31. The van der Waals surface area contributed by atoms with Gasteiger partial charge in [0.05, 0.1) is 16.9 Å². The third-order valence-electron chi connectivity index (χ3n) is 2.97. The van der Waals surface area contributed by atoms with Gasteiger partial charge in [-0.3, -0.25) is 19.7 Å². The summed E-state index contributed by atoms with van der Waals surface area (Å²) >= 11 is 0. The number of rotatable bonds is 5. The quantitative estimate of drug-likeness (QED) is 0.630. The molecule has 0 unspecified atom stereocenters. The van der Waals surface area contributed by atoms with E-state index < -0.39 is 16.8 Å². The summed E-state index contributed by atoms with van der Waals surface area (Å²) in [6.45, 7) is 4.80. The maximum Gasteiger partial charge on any atom is 0.305 e. The predicted molar refractivity (Wildman–Crippen MR) is 71.9 cm³/mol. The Balaban J connectivity index is 3.11. The van der Waals surface area contributed by atoms with Crippen LogP contribution >= 0.6 is 0 Å². The highest BCUT2D eigenvalue weighted by molar-refractivity contribution is 5.98. The number of hydrogen-bond acceptors (Lipinski definition) is 4. The summed E-state index contributed by atoms with van der Waals surface area (Å²) in [6, 6.07) is 1.58. The van der Waals surface area contributed by atoms with Crippen molar-refractivity contribution in [1.82, 2.24) is 5.32 Å². The van der Waals surface area contributed by atoms with Gasteiger partial charge in [0.2, 0.25) is 0 Å². The molecule has 0 aliphatic heterocycles. The van der Waals surface area contributed by atoms with E-state index in [9.17, 15) is 19.7 Å². The van der Waals surface area contributed by atoms with E-state index in [2.05, 4.69) is 5.32 Å². The van der Waals surface area contributed by atoms with Gasteiger partial charge in [-0.1, -0.05) is 0 Å². The molecular weight excluding hydrogens is 264 g/mol. The number of nitro groups is 1. The minimum absolute atomic E-state index is 0.0191. The Morgan fingerprint density at radius 2 is 1.90 bits per heavy atom. The number of nitrogens with zero attached hydrogens (tertiary/aromatic N) is 1. The molecule has 108 valence electrons. The van der Waals surface area contributed by atoms with Crippen LogP contribution in [0.1, 0.15) is 33.5 Å². The molecule has 0 heterocycles. The zero-order valence-electron chi connectivity index (χ0n) is 11.5. The van der Waals surface area contributed by atoms with Crippen LogP contribution in [0.4, 0.5) is 5.69 Å². The Morgan fingerprint density at radius 1 is 1.30 bits per heavy atom. The molecule has 0 saturated carbocycles. The smallest absolute Gasteiger partial charge is 0.305 e. The van der Waals surface area contributed by atoms with E-state index in [1.807, 2.05) is 0 Å². The highest BCUT2D eigenvalue weighted by Gasteiger charge is 2.23. The average molecular weight is 280 g/mol. The van der Waals surface area contributed by atoms with Crippen LogP contribution in [-0.4, -0.2) is 28.5 Å². The van der Waals surface area contributed by atoms with Crippen molar-refractivity contribution in [2.75, 3.05) is 6.54 Å².